The molecule has 0 unspecified atom stereocenters. The normalized spacial score (nSPS) is 29.9. The lowest BCUT2D eigenvalue weighted by atomic mass is 9.97. The Morgan fingerprint density at radius 2 is 1.12 bits per heavy atom. The van der Waals surface area contributed by atoms with Crippen LogP contribution in [-0.4, -0.2) is 103 Å². The number of aliphatic hydroxyl groups is 3. The van der Waals surface area contributed by atoms with Crippen LogP contribution in [0.25, 0.3) is 0 Å². The zero-order chi connectivity index (χ0) is 35.5. The molecule has 0 aliphatic carbocycles. The smallest absolute Gasteiger partial charge is 0.308 e. The van der Waals surface area contributed by atoms with Gasteiger partial charge in [0, 0.05) is 7.11 Å². The van der Waals surface area contributed by atoms with E-state index in [1.54, 1.807) is 13.8 Å². The van der Waals surface area contributed by atoms with Crippen LogP contribution >= 0.6 is 0 Å². The molecular formula is C38H48O12. The first-order valence-corrected chi connectivity index (χ1v) is 16.9. The molecule has 2 aliphatic rings. The minimum absolute atomic E-state index is 0.195. The summed E-state index contributed by atoms with van der Waals surface area (Å²) in [5, 5.41) is 31.9. The first-order chi connectivity index (χ1) is 24.3. The van der Waals surface area contributed by atoms with Crippen LogP contribution in [0.2, 0.25) is 0 Å². The second-order valence-electron chi connectivity index (χ2n) is 12.7. The Morgan fingerprint density at radius 3 is 1.60 bits per heavy atom. The minimum atomic E-state index is -1.61. The second-order valence-corrected chi connectivity index (χ2v) is 12.7. The van der Waals surface area contributed by atoms with E-state index in [2.05, 4.69) is 0 Å². The van der Waals surface area contributed by atoms with E-state index in [0.29, 0.717) is 0 Å². The number of rotatable bonds is 16. The van der Waals surface area contributed by atoms with E-state index in [1.807, 2.05) is 91.0 Å². The van der Waals surface area contributed by atoms with Gasteiger partial charge in [0.2, 0.25) is 0 Å². The summed E-state index contributed by atoms with van der Waals surface area (Å²) in [6.45, 7) is 3.21. The molecule has 3 N–H and O–H groups in total. The van der Waals surface area contributed by atoms with E-state index in [-0.39, 0.29) is 26.4 Å². The van der Waals surface area contributed by atoms with E-state index < -0.39 is 79.9 Å². The van der Waals surface area contributed by atoms with Gasteiger partial charge in [-0.3, -0.25) is 4.79 Å². The van der Waals surface area contributed by atoms with E-state index in [1.165, 1.54) is 7.11 Å². The van der Waals surface area contributed by atoms with Gasteiger partial charge < -0.3 is 53.2 Å². The Hall–Kier alpha value is -3.27. The Labute approximate surface area is 292 Å². The highest BCUT2D eigenvalue weighted by Crippen LogP contribution is 2.32. The van der Waals surface area contributed by atoms with Crippen molar-refractivity contribution in [2.75, 3.05) is 20.3 Å². The lowest BCUT2D eigenvalue weighted by Gasteiger charge is -2.46. The summed E-state index contributed by atoms with van der Waals surface area (Å²) in [6, 6.07) is 29.1. The van der Waals surface area contributed by atoms with Crippen molar-refractivity contribution in [1.29, 1.82) is 0 Å². The molecule has 3 aromatic carbocycles. The van der Waals surface area contributed by atoms with Crippen molar-refractivity contribution in [3.05, 3.63) is 108 Å². The number of aliphatic hydroxyl groups excluding tert-OH is 3. The van der Waals surface area contributed by atoms with Gasteiger partial charge in [-0.25, -0.2) is 0 Å². The van der Waals surface area contributed by atoms with Crippen LogP contribution in [0.1, 0.15) is 30.5 Å². The van der Waals surface area contributed by atoms with Gasteiger partial charge in [0.05, 0.1) is 39.0 Å². The molecule has 12 heteroatoms. The average Bonchev–Trinajstić information content (AvgIpc) is 3.15. The maximum Gasteiger partial charge on any atom is 0.308 e. The summed E-state index contributed by atoms with van der Waals surface area (Å²) in [5.74, 6) is -1.09. The van der Waals surface area contributed by atoms with Gasteiger partial charge in [0.15, 0.2) is 18.7 Å². The molecule has 0 amide bonds. The fourth-order valence-electron chi connectivity index (χ4n) is 5.87. The lowest BCUT2D eigenvalue weighted by Crippen LogP contribution is -2.63. The van der Waals surface area contributed by atoms with Gasteiger partial charge in [0.1, 0.15) is 42.7 Å². The van der Waals surface area contributed by atoms with Gasteiger partial charge in [-0.15, -0.1) is 0 Å². The SMILES string of the molecule is CO[C@H]1O[C@H](CO[C@@H]2O[C@H](CO)[C@@H](OC(=O)C(C)C)[C@H](O)[C@H]2O)[C@@H](OCc2ccccc2)[C@H](OCc2ccccc2)[C@H]1OCc1ccccc1. The largest absolute Gasteiger partial charge is 0.456 e. The van der Waals surface area contributed by atoms with Crippen molar-refractivity contribution in [2.45, 2.75) is 95.1 Å². The molecule has 0 radical (unpaired) electrons. The highest BCUT2D eigenvalue weighted by molar-refractivity contribution is 5.71. The summed E-state index contributed by atoms with van der Waals surface area (Å²) in [4.78, 5) is 12.3. The summed E-state index contributed by atoms with van der Waals surface area (Å²) in [6.07, 6.45) is -11.0. The van der Waals surface area contributed by atoms with E-state index in [9.17, 15) is 20.1 Å². The molecule has 50 heavy (non-hydrogen) atoms. The standard InChI is InChI=1S/C38H48O12/c1-24(2)36(42)50-32-28(19-39)48-37(31(41)30(32)40)47-23-29-33(44-20-25-13-7-4-8-14-25)34(45-21-26-15-9-5-10-16-26)35(38(43-3)49-29)46-22-27-17-11-6-12-18-27/h4-18,24,28-35,37-41H,19-23H2,1-3H3/t28-,29-,30-,31-,32-,33-,34+,35-,37-,38+/m1/s1. The summed E-state index contributed by atoms with van der Waals surface area (Å²) < 4.78 is 49.1. The van der Waals surface area contributed by atoms with E-state index in [4.69, 9.17) is 37.9 Å². The van der Waals surface area contributed by atoms with Crippen molar-refractivity contribution in [1.82, 2.24) is 0 Å². The number of ether oxygens (including phenoxy) is 8. The Bertz CT molecular complexity index is 1410. The number of carbonyl (C=O) groups excluding carboxylic acids is 1. The van der Waals surface area contributed by atoms with Gasteiger partial charge in [0.25, 0.3) is 0 Å². The maximum absolute atomic E-state index is 12.3. The molecule has 0 saturated carbocycles. The quantitative estimate of drug-likeness (QED) is 0.189. The van der Waals surface area contributed by atoms with Crippen molar-refractivity contribution >= 4 is 5.97 Å². The molecule has 272 valence electrons. The molecule has 12 nitrogen and oxygen atoms in total. The van der Waals surface area contributed by atoms with Crippen LogP contribution in [-0.2, 0) is 62.5 Å². The lowest BCUT2D eigenvalue weighted by molar-refractivity contribution is -0.342. The zero-order valence-electron chi connectivity index (χ0n) is 28.6. The van der Waals surface area contributed by atoms with Crippen molar-refractivity contribution in [3.63, 3.8) is 0 Å². The highest BCUT2D eigenvalue weighted by atomic mass is 16.7. The Morgan fingerprint density at radius 1 is 0.640 bits per heavy atom. The second kappa shape index (κ2) is 18.8. The molecule has 10 atom stereocenters. The van der Waals surface area contributed by atoms with Crippen LogP contribution in [0.15, 0.2) is 91.0 Å². The summed E-state index contributed by atoms with van der Waals surface area (Å²) in [5.41, 5.74) is 2.82. The van der Waals surface area contributed by atoms with Gasteiger partial charge in [-0.05, 0) is 16.7 Å². The monoisotopic (exact) mass is 696 g/mol. The maximum atomic E-state index is 12.3. The molecule has 2 aliphatic heterocycles. The number of hydrogen-bond acceptors (Lipinski definition) is 12. The van der Waals surface area contributed by atoms with E-state index >= 15 is 0 Å². The molecule has 2 saturated heterocycles. The van der Waals surface area contributed by atoms with Crippen LogP contribution in [0, 0.1) is 5.92 Å². The Balaban J connectivity index is 1.38. The number of carbonyl (C=O) groups is 1. The van der Waals surface area contributed by atoms with Gasteiger partial charge in [-0.2, -0.15) is 0 Å². The predicted molar refractivity (Wildman–Crippen MR) is 179 cm³/mol. The first kappa shape index (κ1) is 38.0. The van der Waals surface area contributed by atoms with Crippen LogP contribution in [0.3, 0.4) is 0 Å². The number of benzene rings is 3. The molecule has 2 heterocycles. The topological polar surface area (TPSA) is 152 Å². The zero-order valence-corrected chi connectivity index (χ0v) is 28.6. The third-order valence-electron chi connectivity index (χ3n) is 8.65. The Kier molecular flexibility index (Phi) is 14.3. The average molecular weight is 697 g/mol. The van der Waals surface area contributed by atoms with E-state index in [0.717, 1.165) is 16.7 Å². The number of hydrogen-bond donors (Lipinski definition) is 3. The third kappa shape index (κ3) is 9.95. The third-order valence-corrected chi connectivity index (χ3v) is 8.65. The van der Waals surface area contributed by atoms with Crippen LogP contribution in [0.4, 0.5) is 0 Å². The van der Waals surface area contributed by atoms with Crippen molar-refractivity contribution < 1.29 is 58.0 Å². The predicted octanol–water partition coefficient (Wildman–Crippen LogP) is 3.14. The fraction of sp³-hybridized carbons (Fsp3) is 0.500. The molecule has 0 bridgehead atoms. The molecule has 2 fully saturated rings. The summed E-state index contributed by atoms with van der Waals surface area (Å²) >= 11 is 0. The molecule has 0 aromatic heterocycles. The fourth-order valence-corrected chi connectivity index (χ4v) is 5.87. The summed E-state index contributed by atoms with van der Waals surface area (Å²) in [7, 11) is 1.51. The molecule has 5 rings (SSSR count). The minimum Gasteiger partial charge on any atom is -0.456 e. The highest BCUT2D eigenvalue weighted by Gasteiger charge is 2.51. The molecular weight excluding hydrogens is 648 g/mol. The number of esters is 1. The van der Waals surface area contributed by atoms with Gasteiger partial charge in [-0.1, -0.05) is 105 Å². The van der Waals surface area contributed by atoms with Crippen molar-refractivity contribution in [3.8, 4) is 0 Å². The van der Waals surface area contributed by atoms with Crippen molar-refractivity contribution in [2.24, 2.45) is 5.92 Å². The van der Waals surface area contributed by atoms with Gasteiger partial charge >= 0.3 is 5.97 Å². The number of methoxy groups -OCH3 is 1. The molecule has 0 spiro atoms. The van der Waals surface area contributed by atoms with Crippen LogP contribution in [0.5, 0.6) is 0 Å². The molecule has 3 aromatic rings. The van der Waals surface area contributed by atoms with Crippen LogP contribution < -0.4 is 0 Å². The first-order valence-electron chi connectivity index (χ1n) is 16.9.